The van der Waals surface area contributed by atoms with Gasteiger partial charge in [0.25, 0.3) is 5.91 Å². The van der Waals surface area contributed by atoms with E-state index in [0.29, 0.717) is 12.2 Å². The van der Waals surface area contributed by atoms with Crippen molar-refractivity contribution >= 4 is 28.9 Å². The van der Waals surface area contributed by atoms with E-state index < -0.39 is 0 Å². The molecule has 26 heavy (non-hydrogen) atoms. The number of aryl methyl sites for hydroxylation is 2. The molecule has 2 aromatic carbocycles. The Balaban J connectivity index is 1.63. The third-order valence-electron chi connectivity index (χ3n) is 3.92. The number of halogens is 1. The average molecular weight is 366 g/mol. The van der Waals surface area contributed by atoms with Gasteiger partial charge >= 0.3 is 0 Å². The molecule has 5 heteroatoms. The number of benzene rings is 2. The van der Waals surface area contributed by atoms with Gasteiger partial charge in [0.2, 0.25) is 0 Å². The Bertz CT molecular complexity index is 903. The molecule has 4 nitrogen and oxygen atoms in total. The van der Waals surface area contributed by atoms with Gasteiger partial charge in [0.05, 0.1) is 11.9 Å². The second-order valence-corrected chi connectivity index (χ2v) is 6.61. The van der Waals surface area contributed by atoms with Crippen molar-refractivity contribution in [3.63, 3.8) is 0 Å². The first kappa shape index (κ1) is 18.0. The molecule has 0 aliphatic heterocycles. The number of anilines is 2. The first-order valence-electron chi connectivity index (χ1n) is 8.34. The molecular weight excluding hydrogens is 346 g/mol. The number of amides is 1. The summed E-state index contributed by atoms with van der Waals surface area (Å²) in [6.45, 7) is 4.59. The van der Waals surface area contributed by atoms with E-state index in [1.807, 2.05) is 56.3 Å². The topological polar surface area (TPSA) is 54.0 Å². The van der Waals surface area contributed by atoms with Crippen LogP contribution in [0, 0.1) is 13.8 Å². The lowest BCUT2D eigenvalue weighted by atomic mass is 10.1. The highest BCUT2D eigenvalue weighted by atomic mass is 35.5. The molecular formula is C21H20ClN3O. The van der Waals surface area contributed by atoms with Gasteiger partial charge < -0.3 is 10.6 Å². The van der Waals surface area contributed by atoms with Gasteiger partial charge in [-0.25, -0.2) is 4.98 Å². The second kappa shape index (κ2) is 8.02. The van der Waals surface area contributed by atoms with Crippen molar-refractivity contribution in [3.8, 4) is 0 Å². The van der Waals surface area contributed by atoms with E-state index in [9.17, 15) is 4.79 Å². The van der Waals surface area contributed by atoms with Crippen LogP contribution in [0.3, 0.4) is 0 Å². The maximum absolute atomic E-state index is 12.4. The summed E-state index contributed by atoms with van der Waals surface area (Å²) in [6, 6.07) is 17.1. The molecule has 1 heterocycles. The number of carbonyl (C=O) groups is 1. The molecule has 0 atom stereocenters. The highest BCUT2D eigenvalue weighted by Gasteiger charge is 2.08. The standard InChI is InChI=1S/C21H20ClN3O/c1-14-9-15(2)11-18(10-14)25-21(26)20-8-7-17(13-24-20)23-12-16-5-3-4-6-19(16)22/h3-11,13,23H,12H2,1-2H3,(H,25,26). The van der Waals surface area contributed by atoms with Crippen molar-refractivity contribution in [2.45, 2.75) is 20.4 Å². The fourth-order valence-corrected chi connectivity index (χ4v) is 2.92. The van der Waals surface area contributed by atoms with Crippen molar-refractivity contribution in [3.05, 3.63) is 88.2 Å². The Morgan fingerprint density at radius 1 is 1.00 bits per heavy atom. The quantitative estimate of drug-likeness (QED) is 0.652. The third-order valence-corrected chi connectivity index (χ3v) is 4.29. The number of carbonyl (C=O) groups excluding carboxylic acids is 1. The van der Waals surface area contributed by atoms with E-state index in [-0.39, 0.29) is 5.91 Å². The van der Waals surface area contributed by atoms with Gasteiger partial charge in [-0.1, -0.05) is 35.9 Å². The van der Waals surface area contributed by atoms with Crippen LogP contribution < -0.4 is 10.6 Å². The van der Waals surface area contributed by atoms with Crippen molar-refractivity contribution in [2.75, 3.05) is 10.6 Å². The third kappa shape index (κ3) is 4.61. The van der Waals surface area contributed by atoms with Gasteiger partial charge in [-0.3, -0.25) is 4.79 Å². The lowest BCUT2D eigenvalue weighted by Gasteiger charge is -2.09. The van der Waals surface area contributed by atoms with E-state index in [0.717, 1.165) is 33.1 Å². The summed E-state index contributed by atoms with van der Waals surface area (Å²) < 4.78 is 0. The summed E-state index contributed by atoms with van der Waals surface area (Å²) in [7, 11) is 0. The SMILES string of the molecule is Cc1cc(C)cc(NC(=O)c2ccc(NCc3ccccc3Cl)cn2)c1. The first-order valence-corrected chi connectivity index (χ1v) is 8.72. The normalized spacial score (nSPS) is 10.4. The minimum Gasteiger partial charge on any atom is -0.380 e. The van der Waals surface area contributed by atoms with Crippen LogP contribution in [0.4, 0.5) is 11.4 Å². The number of nitrogens with one attached hydrogen (secondary N) is 2. The number of hydrogen-bond donors (Lipinski definition) is 2. The lowest BCUT2D eigenvalue weighted by Crippen LogP contribution is -2.14. The Morgan fingerprint density at radius 3 is 2.38 bits per heavy atom. The zero-order valence-electron chi connectivity index (χ0n) is 14.7. The predicted octanol–water partition coefficient (Wildman–Crippen LogP) is 5.22. The van der Waals surface area contributed by atoms with E-state index >= 15 is 0 Å². The minimum absolute atomic E-state index is 0.229. The molecule has 0 radical (unpaired) electrons. The van der Waals surface area contributed by atoms with Crippen LogP contribution >= 0.6 is 11.6 Å². The molecule has 132 valence electrons. The smallest absolute Gasteiger partial charge is 0.274 e. The van der Waals surface area contributed by atoms with Gasteiger partial charge in [0, 0.05) is 17.3 Å². The van der Waals surface area contributed by atoms with Crippen molar-refractivity contribution in [1.29, 1.82) is 0 Å². The van der Waals surface area contributed by atoms with Crippen molar-refractivity contribution in [2.24, 2.45) is 0 Å². The Kier molecular flexibility index (Phi) is 5.54. The molecule has 1 amide bonds. The number of pyridine rings is 1. The number of nitrogens with zero attached hydrogens (tertiary/aromatic N) is 1. The zero-order chi connectivity index (χ0) is 18.5. The number of rotatable bonds is 5. The lowest BCUT2D eigenvalue weighted by molar-refractivity contribution is 0.102. The van der Waals surface area contributed by atoms with Crippen LogP contribution in [0.2, 0.25) is 5.02 Å². The van der Waals surface area contributed by atoms with E-state index in [4.69, 9.17) is 11.6 Å². The molecule has 0 unspecified atom stereocenters. The molecule has 0 bridgehead atoms. The van der Waals surface area contributed by atoms with E-state index in [1.165, 1.54) is 0 Å². The zero-order valence-corrected chi connectivity index (χ0v) is 15.5. The summed E-state index contributed by atoms with van der Waals surface area (Å²) in [5.41, 5.74) is 5.18. The largest absolute Gasteiger partial charge is 0.380 e. The molecule has 0 spiro atoms. The Morgan fingerprint density at radius 2 is 1.73 bits per heavy atom. The summed E-state index contributed by atoms with van der Waals surface area (Å²) in [4.78, 5) is 16.6. The monoisotopic (exact) mass is 365 g/mol. The molecule has 3 rings (SSSR count). The molecule has 0 aliphatic rings. The van der Waals surface area contributed by atoms with Crippen LogP contribution in [0.15, 0.2) is 60.8 Å². The maximum Gasteiger partial charge on any atom is 0.274 e. The number of hydrogen-bond acceptors (Lipinski definition) is 3. The molecule has 0 saturated carbocycles. The molecule has 0 saturated heterocycles. The second-order valence-electron chi connectivity index (χ2n) is 6.21. The molecule has 2 N–H and O–H groups in total. The van der Waals surface area contributed by atoms with Gasteiger partial charge in [0.15, 0.2) is 0 Å². The molecule has 0 aliphatic carbocycles. The van der Waals surface area contributed by atoms with E-state index in [2.05, 4.69) is 21.7 Å². The average Bonchev–Trinajstić information content (AvgIpc) is 2.60. The van der Waals surface area contributed by atoms with Crippen molar-refractivity contribution in [1.82, 2.24) is 4.98 Å². The highest BCUT2D eigenvalue weighted by molar-refractivity contribution is 6.31. The summed E-state index contributed by atoms with van der Waals surface area (Å²) >= 11 is 6.15. The number of aromatic nitrogens is 1. The highest BCUT2D eigenvalue weighted by Crippen LogP contribution is 2.18. The summed E-state index contributed by atoms with van der Waals surface area (Å²) in [6.07, 6.45) is 1.65. The first-order chi connectivity index (χ1) is 12.5. The van der Waals surface area contributed by atoms with Gasteiger partial charge in [-0.05, 0) is 60.9 Å². The van der Waals surface area contributed by atoms with Gasteiger partial charge in [-0.15, -0.1) is 0 Å². The van der Waals surface area contributed by atoms with Crippen LogP contribution in [0.25, 0.3) is 0 Å². The fourth-order valence-electron chi connectivity index (χ4n) is 2.71. The van der Waals surface area contributed by atoms with Crippen LogP contribution in [0.5, 0.6) is 0 Å². The van der Waals surface area contributed by atoms with Crippen LogP contribution in [0.1, 0.15) is 27.2 Å². The van der Waals surface area contributed by atoms with E-state index in [1.54, 1.807) is 12.3 Å². The summed E-state index contributed by atoms with van der Waals surface area (Å²) in [5.74, 6) is -0.229. The van der Waals surface area contributed by atoms with Crippen molar-refractivity contribution < 1.29 is 4.79 Å². The van der Waals surface area contributed by atoms with Crippen LogP contribution in [-0.4, -0.2) is 10.9 Å². The summed E-state index contributed by atoms with van der Waals surface area (Å²) in [5, 5.41) is 6.86. The molecule has 0 fully saturated rings. The maximum atomic E-state index is 12.4. The Labute approximate surface area is 158 Å². The van der Waals surface area contributed by atoms with Gasteiger partial charge in [0.1, 0.15) is 5.69 Å². The molecule has 1 aromatic heterocycles. The predicted molar refractivity (Wildman–Crippen MR) is 107 cm³/mol. The fraction of sp³-hybridized carbons (Fsp3) is 0.143. The Hall–Kier alpha value is -2.85. The van der Waals surface area contributed by atoms with Gasteiger partial charge in [-0.2, -0.15) is 0 Å². The minimum atomic E-state index is -0.229. The van der Waals surface area contributed by atoms with Crippen LogP contribution in [-0.2, 0) is 6.54 Å². The molecule has 3 aromatic rings.